The summed E-state index contributed by atoms with van der Waals surface area (Å²) in [5, 5.41) is 12.2. The molecule has 5 heteroatoms. The van der Waals surface area contributed by atoms with E-state index >= 15 is 0 Å². The normalized spacial score (nSPS) is 17.5. The Bertz CT molecular complexity index is 634. The van der Waals surface area contributed by atoms with Gasteiger partial charge in [0.2, 0.25) is 0 Å². The summed E-state index contributed by atoms with van der Waals surface area (Å²) in [5.41, 5.74) is 0.0391. The van der Waals surface area contributed by atoms with E-state index in [0.29, 0.717) is 23.6 Å². The van der Waals surface area contributed by atoms with E-state index in [1.165, 1.54) is 0 Å². The molecule has 1 fully saturated rings. The molecule has 0 radical (unpaired) electrons. The lowest BCUT2D eigenvalue weighted by Crippen LogP contribution is -2.45. The van der Waals surface area contributed by atoms with Gasteiger partial charge in [0, 0.05) is 12.7 Å². The van der Waals surface area contributed by atoms with Crippen molar-refractivity contribution in [1.82, 2.24) is 0 Å². The summed E-state index contributed by atoms with van der Waals surface area (Å²) >= 11 is 0. The number of nitriles is 1. The fourth-order valence-corrected chi connectivity index (χ4v) is 2.66. The predicted octanol–water partition coefficient (Wildman–Crippen LogP) is 3.88. The van der Waals surface area contributed by atoms with Gasteiger partial charge < -0.3 is 14.8 Å². The van der Waals surface area contributed by atoms with Crippen LogP contribution >= 0.6 is 0 Å². The first kappa shape index (κ1) is 18.3. The molecule has 1 saturated carbocycles. The molecular formula is C19H26N2O3. The van der Waals surface area contributed by atoms with Crippen molar-refractivity contribution < 1.29 is 14.3 Å². The molecule has 24 heavy (non-hydrogen) atoms. The molecule has 0 aliphatic heterocycles. The molecule has 1 N–H and O–H groups in total. The summed E-state index contributed by atoms with van der Waals surface area (Å²) in [6.07, 6.45) is 2.95. The Hall–Kier alpha value is -2.06. The highest BCUT2D eigenvalue weighted by atomic mass is 16.5. The van der Waals surface area contributed by atoms with Gasteiger partial charge in [0.15, 0.2) is 0 Å². The molecule has 1 aliphatic carbocycles. The Morgan fingerprint density at radius 2 is 2.17 bits per heavy atom. The van der Waals surface area contributed by atoms with Crippen molar-refractivity contribution in [3.63, 3.8) is 0 Å². The molecule has 2 atom stereocenters. The minimum Gasteiger partial charge on any atom is -0.491 e. The summed E-state index contributed by atoms with van der Waals surface area (Å²) in [5.74, 6) is 0.684. The molecule has 0 bridgehead atoms. The van der Waals surface area contributed by atoms with Crippen molar-refractivity contribution in [3.8, 4) is 11.8 Å². The molecule has 1 aromatic rings. The van der Waals surface area contributed by atoms with Gasteiger partial charge in [-0.1, -0.05) is 6.92 Å². The Balaban J connectivity index is 2.16. The first-order valence-corrected chi connectivity index (χ1v) is 8.60. The van der Waals surface area contributed by atoms with Crippen LogP contribution in [-0.4, -0.2) is 24.2 Å². The fourth-order valence-electron chi connectivity index (χ4n) is 2.66. The van der Waals surface area contributed by atoms with Crippen LogP contribution in [0.25, 0.3) is 0 Å². The molecule has 5 nitrogen and oxygen atoms in total. The van der Waals surface area contributed by atoms with Gasteiger partial charge in [-0.15, -0.1) is 0 Å². The number of amides is 1. The SMILES string of the molecule is CCO[C@@](C)(C(=O)Nc1ccc(O[C@H](C)CC)cc1C#N)C1CC1. The predicted molar refractivity (Wildman–Crippen MR) is 92.9 cm³/mol. The van der Waals surface area contributed by atoms with Crippen molar-refractivity contribution in [2.24, 2.45) is 5.92 Å². The zero-order valence-corrected chi connectivity index (χ0v) is 14.9. The maximum atomic E-state index is 12.7. The standard InChI is InChI=1S/C19H26N2O3/c1-5-13(3)24-16-9-10-17(14(11-16)12-20)21-18(22)19(4,23-6-2)15-7-8-15/h9-11,13,15H,5-8H2,1-4H3,(H,21,22)/t13-,19-/m1/s1. The lowest BCUT2D eigenvalue weighted by Gasteiger charge is -2.28. The first-order valence-electron chi connectivity index (χ1n) is 8.60. The van der Waals surface area contributed by atoms with Gasteiger partial charge in [-0.05, 0) is 58.1 Å². The van der Waals surface area contributed by atoms with Gasteiger partial charge in [0.05, 0.1) is 17.4 Å². The Morgan fingerprint density at radius 3 is 2.71 bits per heavy atom. The molecule has 0 heterocycles. The van der Waals surface area contributed by atoms with E-state index in [1.54, 1.807) is 18.2 Å². The number of hydrogen-bond acceptors (Lipinski definition) is 4. The number of carbonyl (C=O) groups excluding carboxylic acids is 1. The Labute approximate surface area is 144 Å². The third-order valence-electron chi connectivity index (χ3n) is 4.52. The van der Waals surface area contributed by atoms with E-state index < -0.39 is 5.60 Å². The van der Waals surface area contributed by atoms with Crippen LogP contribution in [0.3, 0.4) is 0 Å². The number of nitrogens with zero attached hydrogens (tertiary/aromatic N) is 1. The van der Waals surface area contributed by atoms with E-state index in [-0.39, 0.29) is 17.9 Å². The largest absolute Gasteiger partial charge is 0.491 e. The molecule has 1 aliphatic rings. The van der Waals surface area contributed by atoms with Crippen LogP contribution in [-0.2, 0) is 9.53 Å². The van der Waals surface area contributed by atoms with Crippen molar-refractivity contribution in [2.45, 2.75) is 58.7 Å². The maximum absolute atomic E-state index is 12.7. The molecule has 2 rings (SSSR count). The molecule has 0 spiro atoms. The number of carbonyl (C=O) groups is 1. The second-order valence-electron chi connectivity index (χ2n) is 6.42. The summed E-state index contributed by atoms with van der Waals surface area (Å²) in [6.45, 7) is 8.21. The zero-order chi connectivity index (χ0) is 17.7. The monoisotopic (exact) mass is 330 g/mol. The third-order valence-corrected chi connectivity index (χ3v) is 4.52. The van der Waals surface area contributed by atoms with E-state index in [0.717, 1.165) is 19.3 Å². The third kappa shape index (κ3) is 4.07. The van der Waals surface area contributed by atoms with Crippen LogP contribution in [0.1, 0.15) is 52.5 Å². The van der Waals surface area contributed by atoms with E-state index in [2.05, 4.69) is 11.4 Å². The highest BCUT2D eigenvalue weighted by Gasteiger charge is 2.48. The number of hydrogen-bond donors (Lipinski definition) is 1. The number of ether oxygens (including phenoxy) is 2. The molecular weight excluding hydrogens is 304 g/mol. The van der Waals surface area contributed by atoms with Gasteiger partial charge in [-0.2, -0.15) is 5.26 Å². The Morgan fingerprint density at radius 1 is 1.46 bits per heavy atom. The van der Waals surface area contributed by atoms with Crippen LogP contribution < -0.4 is 10.1 Å². The van der Waals surface area contributed by atoms with Crippen LogP contribution in [0.15, 0.2) is 18.2 Å². The van der Waals surface area contributed by atoms with Gasteiger partial charge in [0.25, 0.3) is 5.91 Å². The number of anilines is 1. The second kappa shape index (κ2) is 7.67. The van der Waals surface area contributed by atoms with Crippen LogP contribution in [0.4, 0.5) is 5.69 Å². The molecule has 0 aromatic heterocycles. The lowest BCUT2D eigenvalue weighted by atomic mass is 9.98. The van der Waals surface area contributed by atoms with Gasteiger partial charge in [-0.3, -0.25) is 4.79 Å². The average Bonchev–Trinajstić information content (AvgIpc) is 3.41. The molecule has 130 valence electrons. The lowest BCUT2D eigenvalue weighted by molar-refractivity contribution is -0.141. The van der Waals surface area contributed by atoms with Crippen molar-refractivity contribution in [1.29, 1.82) is 5.26 Å². The molecule has 1 amide bonds. The summed E-state index contributed by atoms with van der Waals surface area (Å²) in [7, 11) is 0. The van der Waals surface area contributed by atoms with Crippen molar-refractivity contribution >= 4 is 11.6 Å². The summed E-state index contributed by atoms with van der Waals surface area (Å²) in [4.78, 5) is 12.7. The molecule has 0 saturated heterocycles. The smallest absolute Gasteiger partial charge is 0.256 e. The van der Waals surface area contributed by atoms with Gasteiger partial charge in [-0.25, -0.2) is 0 Å². The maximum Gasteiger partial charge on any atom is 0.256 e. The minimum atomic E-state index is -0.840. The topological polar surface area (TPSA) is 71.3 Å². The van der Waals surface area contributed by atoms with E-state index in [4.69, 9.17) is 9.47 Å². The molecule has 0 unspecified atom stereocenters. The quantitative estimate of drug-likeness (QED) is 0.785. The first-order chi connectivity index (χ1) is 11.4. The summed E-state index contributed by atoms with van der Waals surface area (Å²) in [6, 6.07) is 7.28. The molecule has 1 aromatic carbocycles. The highest BCUT2D eigenvalue weighted by molar-refractivity contribution is 5.98. The van der Waals surface area contributed by atoms with Crippen molar-refractivity contribution in [2.75, 3.05) is 11.9 Å². The fraction of sp³-hybridized carbons (Fsp3) is 0.579. The Kier molecular flexibility index (Phi) is 5.84. The van der Waals surface area contributed by atoms with E-state index in [9.17, 15) is 10.1 Å². The average molecular weight is 330 g/mol. The highest BCUT2D eigenvalue weighted by Crippen LogP contribution is 2.42. The summed E-state index contributed by atoms with van der Waals surface area (Å²) < 4.78 is 11.5. The minimum absolute atomic E-state index is 0.0769. The van der Waals surface area contributed by atoms with E-state index in [1.807, 2.05) is 27.7 Å². The van der Waals surface area contributed by atoms with Gasteiger partial charge >= 0.3 is 0 Å². The van der Waals surface area contributed by atoms with Crippen molar-refractivity contribution in [3.05, 3.63) is 23.8 Å². The number of nitrogens with one attached hydrogen (secondary N) is 1. The number of rotatable bonds is 8. The second-order valence-corrected chi connectivity index (χ2v) is 6.42. The van der Waals surface area contributed by atoms with Gasteiger partial charge in [0.1, 0.15) is 17.4 Å². The van der Waals surface area contributed by atoms with Crippen LogP contribution in [0, 0.1) is 17.2 Å². The van der Waals surface area contributed by atoms with Crippen LogP contribution in [0.2, 0.25) is 0 Å². The number of benzene rings is 1. The van der Waals surface area contributed by atoms with Crippen LogP contribution in [0.5, 0.6) is 5.75 Å². The zero-order valence-electron chi connectivity index (χ0n) is 14.9.